The van der Waals surface area contributed by atoms with Gasteiger partial charge >= 0.3 is 35.2 Å². The summed E-state index contributed by atoms with van der Waals surface area (Å²) in [4.78, 5) is 0. The summed E-state index contributed by atoms with van der Waals surface area (Å²) in [5.74, 6) is 1.48. The maximum atomic E-state index is 4.96. The molecule has 0 atom stereocenters. The fraction of sp³-hybridized carbons (Fsp3) is 0.333. The molecule has 0 aliphatic carbocycles. The van der Waals surface area contributed by atoms with Crippen LogP contribution < -0.4 is 9.47 Å². The molecule has 4 heteroatoms. The van der Waals surface area contributed by atoms with E-state index in [1.54, 1.807) is 26.4 Å². The second-order valence-electron chi connectivity index (χ2n) is 1.88. The van der Waals surface area contributed by atoms with Gasteiger partial charge in [-0.1, -0.05) is 0 Å². The van der Waals surface area contributed by atoms with Crippen LogP contribution in [0.25, 0.3) is 0 Å². The zero-order chi connectivity index (χ0) is 10.1. The van der Waals surface area contributed by atoms with E-state index < -0.39 is 0 Å². The van der Waals surface area contributed by atoms with Gasteiger partial charge in [0.1, 0.15) is 11.5 Å². The molecule has 76 valence electrons. The molecular weight excluding hydrogens is 282 g/mol. The molecule has 0 spiro atoms. The Morgan fingerprint density at radius 3 is 2.54 bits per heavy atom. The van der Waals surface area contributed by atoms with Gasteiger partial charge in [0.15, 0.2) is 0 Å². The van der Waals surface area contributed by atoms with Gasteiger partial charge in [-0.2, -0.15) is 0 Å². The number of halogens is 1. The first-order chi connectivity index (χ1) is 6.28. The predicted molar refractivity (Wildman–Crippen MR) is 49.1 cm³/mol. The standard InChI is InChI=1S/C8H9O2.CH2Cl.Pd/c1-9-7-4-3-5-8(6-7)10-2;1-2;/h3-4,6H,1-2H3;1H2;. The van der Waals surface area contributed by atoms with Crippen LogP contribution in [0.4, 0.5) is 0 Å². The Kier molecular flexibility index (Phi) is 8.23. The zero-order valence-electron chi connectivity index (χ0n) is 7.45. The molecule has 0 aliphatic heterocycles. The Morgan fingerprint density at radius 1 is 1.46 bits per heavy atom. The van der Waals surface area contributed by atoms with Crippen molar-refractivity contribution in [2.75, 3.05) is 18.6 Å². The molecule has 1 rings (SSSR count). The minimum absolute atomic E-state index is 0.572. The number of rotatable bonds is 2. The van der Waals surface area contributed by atoms with Crippen LogP contribution in [-0.4, -0.2) is 18.6 Å². The molecule has 0 fully saturated rings. The summed E-state index contributed by atoms with van der Waals surface area (Å²) in [6.45, 7) is 0. The third-order valence-electron chi connectivity index (χ3n) is 1.20. The van der Waals surface area contributed by atoms with E-state index in [1.165, 1.54) is 0 Å². The number of alkyl halides is 1. The van der Waals surface area contributed by atoms with Crippen LogP contribution in [0.1, 0.15) is 0 Å². The van der Waals surface area contributed by atoms with Crippen molar-refractivity contribution < 1.29 is 28.7 Å². The summed E-state index contributed by atoms with van der Waals surface area (Å²) in [7, 11) is 3.22. The number of hydrogen-bond donors (Lipinski definition) is 0. The van der Waals surface area contributed by atoms with Gasteiger partial charge in [0.2, 0.25) is 0 Å². The molecule has 0 aromatic heterocycles. The Bertz CT molecular complexity index is 211. The molecule has 13 heavy (non-hydrogen) atoms. The van der Waals surface area contributed by atoms with E-state index in [1.807, 2.05) is 6.07 Å². The summed E-state index contributed by atoms with van der Waals surface area (Å²) in [5.41, 5.74) is 0. The summed E-state index contributed by atoms with van der Waals surface area (Å²) in [6, 6.07) is 8.25. The van der Waals surface area contributed by atoms with Crippen LogP contribution >= 0.6 is 11.6 Å². The Balaban J connectivity index is 0.000000424. The van der Waals surface area contributed by atoms with E-state index in [4.69, 9.17) is 21.1 Å². The van der Waals surface area contributed by atoms with E-state index in [0.29, 0.717) is 10.1 Å². The van der Waals surface area contributed by atoms with Crippen LogP contribution in [0.2, 0.25) is 0 Å². The molecule has 0 aliphatic rings. The van der Waals surface area contributed by atoms with Crippen molar-refractivity contribution in [3.8, 4) is 11.5 Å². The van der Waals surface area contributed by atoms with Crippen molar-refractivity contribution in [3.63, 3.8) is 0 Å². The summed E-state index contributed by atoms with van der Waals surface area (Å²) < 4.78 is 10.5. The number of ether oxygens (including phenoxy) is 2. The van der Waals surface area contributed by atoms with Gasteiger partial charge in [-0.15, -0.1) is 0 Å². The van der Waals surface area contributed by atoms with E-state index in [0.717, 1.165) is 5.75 Å². The fourth-order valence-corrected chi connectivity index (χ4v) is 0.670. The monoisotopic (exact) mass is 292 g/mol. The summed E-state index contributed by atoms with van der Waals surface area (Å²) in [6.07, 6.45) is 0. The molecule has 0 amide bonds. The quantitative estimate of drug-likeness (QED) is 0.615. The SMILES string of the molecule is COc1[c]ccc(OC)c1.Cl[CH2][Pd]. The van der Waals surface area contributed by atoms with E-state index >= 15 is 0 Å². The normalized spacial score (nSPS) is 8.38. The van der Waals surface area contributed by atoms with Gasteiger partial charge in [-0.3, -0.25) is 0 Å². The van der Waals surface area contributed by atoms with Crippen LogP contribution in [0.15, 0.2) is 18.2 Å². The summed E-state index contributed by atoms with van der Waals surface area (Å²) in [5, 5.41) is 0. The van der Waals surface area contributed by atoms with Gasteiger partial charge in [-0.25, -0.2) is 0 Å². The Morgan fingerprint density at radius 2 is 2.08 bits per heavy atom. The third kappa shape index (κ3) is 5.93. The first kappa shape index (κ1) is 12.8. The fourth-order valence-electron chi connectivity index (χ4n) is 0.670. The average molecular weight is 293 g/mol. The van der Waals surface area contributed by atoms with E-state index in [9.17, 15) is 0 Å². The molecule has 0 N–H and O–H groups in total. The van der Waals surface area contributed by atoms with Gasteiger partial charge in [0, 0.05) is 12.1 Å². The molecule has 0 unspecified atom stereocenters. The number of hydrogen-bond acceptors (Lipinski definition) is 2. The number of methoxy groups -OCH3 is 2. The van der Waals surface area contributed by atoms with Crippen molar-refractivity contribution >= 4 is 11.6 Å². The van der Waals surface area contributed by atoms with Crippen molar-refractivity contribution in [3.05, 3.63) is 24.3 Å². The van der Waals surface area contributed by atoms with Crippen molar-refractivity contribution in [2.24, 2.45) is 0 Å². The minimum atomic E-state index is 0.572. The molecule has 0 saturated heterocycles. The maximum absolute atomic E-state index is 4.96. The molecular formula is C9H11ClO2Pd. The first-order valence-electron chi connectivity index (χ1n) is 3.45. The second-order valence-corrected chi connectivity index (χ2v) is 3.30. The number of benzene rings is 1. The average Bonchev–Trinajstić information content (AvgIpc) is 2.19. The molecule has 2 nitrogen and oxygen atoms in total. The third-order valence-corrected chi connectivity index (χ3v) is 1.20. The van der Waals surface area contributed by atoms with Crippen molar-refractivity contribution in [1.82, 2.24) is 0 Å². The van der Waals surface area contributed by atoms with Gasteiger partial charge in [0.05, 0.1) is 14.2 Å². The zero-order valence-corrected chi connectivity index (χ0v) is 9.76. The van der Waals surface area contributed by atoms with E-state index in [-0.39, 0.29) is 0 Å². The van der Waals surface area contributed by atoms with Crippen LogP contribution in [0, 0.1) is 6.07 Å². The first-order valence-corrected chi connectivity index (χ1v) is 5.09. The summed E-state index contributed by atoms with van der Waals surface area (Å²) >= 11 is 7.64. The van der Waals surface area contributed by atoms with Gasteiger partial charge in [-0.05, 0) is 12.1 Å². The molecule has 0 bridgehead atoms. The topological polar surface area (TPSA) is 18.5 Å². The Labute approximate surface area is 94.6 Å². The van der Waals surface area contributed by atoms with Crippen LogP contribution in [0.5, 0.6) is 11.5 Å². The van der Waals surface area contributed by atoms with Crippen molar-refractivity contribution in [2.45, 2.75) is 0 Å². The van der Waals surface area contributed by atoms with Crippen molar-refractivity contribution in [1.29, 1.82) is 0 Å². The van der Waals surface area contributed by atoms with E-state index in [2.05, 4.69) is 25.3 Å². The van der Waals surface area contributed by atoms with Gasteiger partial charge in [0.25, 0.3) is 0 Å². The molecule has 1 aromatic rings. The second kappa shape index (κ2) is 8.37. The van der Waals surface area contributed by atoms with Crippen LogP contribution in [-0.2, 0) is 19.2 Å². The Hall–Kier alpha value is -0.228. The van der Waals surface area contributed by atoms with Crippen LogP contribution in [0.3, 0.4) is 0 Å². The van der Waals surface area contributed by atoms with Gasteiger partial charge < -0.3 is 9.47 Å². The predicted octanol–water partition coefficient (Wildman–Crippen LogP) is 2.23. The molecule has 0 saturated carbocycles. The molecule has 1 radical (unpaired) electrons. The molecule has 1 aromatic carbocycles. The molecule has 0 heterocycles.